The predicted molar refractivity (Wildman–Crippen MR) is 132 cm³/mol. The van der Waals surface area contributed by atoms with E-state index in [0.29, 0.717) is 24.2 Å². The van der Waals surface area contributed by atoms with Gasteiger partial charge in [0.15, 0.2) is 0 Å². The van der Waals surface area contributed by atoms with E-state index in [1.54, 1.807) is 29.6 Å². The second kappa shape index (κ2) is 10.5. The Labute approximate surface area is 200 Å². The Balaban J connectivity index is 1.43. The largest absolute Gasteiger partial charge is 0.343 e. The molecule has 0 unspecified atom stereocenters. The maximum Gasteiger partial charge on any atom is 0.223 e. The summed E-state index contributed by atoms with van der Waals surface area (Å²) in [4.78, 5) is 31.6. The molecule has 0 bridgehead atoms. The van der Waals surface area contributed by atoms with Crippen LogP contribution in [0, 0.1) is 11.8 Å². The lowest BCUT2D eigenvalue weighted by atomic mass is 9.91. The number of piperidine rings is 1. The van der Waals surface area contributed by atoms with E-state index in [0.717, 1.165) is 45.6 Å². The molecule has 1 atom stereocenters. The molecule has 2 aromatic heterocycles. The number of hydrogen-bond acceptors (Lipinski definition) is 5. The minimum atomic E-state index is 0.150. The summed E-state index contributed by atoms with van der Waals surface area (Å²) in [7, 11) is 0. The van der Waals surface area contributed by atoms with E-state index < -0.39 is 0 Å². The van der Waals surface area contributed by atoms with Crippen molar-refractivity contribution in [2.75, 3.05) is 32.7 Å². The fraction of sp³-hybridized carbons (Fsp3) is 0.600. The monoisotopic (exact) mass is 473 g/mol. The number of thiophene rings is 2. The number of piperazine rings is 1. The Bertz CT molecular complexity index is 839. The van der Waals surface area contributed by atoms with Crippen molar-refractivity contribution in [3.05, 3.63) is 44.8 Å². The molecule has 174 valence electrons. The zero-order valence-corrected chi connectivity index (χ0v) is 21.0. The molecular weight excluding hydrogens is 438 g/mol. The zero-order valence-electron chi connectivity index (χ0n) is 19.4. The molecule has 0 radical (unpaired) electrons. The van der Waals surface area contributed by atoms with Gasteiger partial charge in [0.25, 0.3) is 0 Å². The highest BCUT2D eigenvalue weighted by Gasteiger charge is 2.37. The van der Waals surface area contributed by atoms with Crippen LogP contribution >= 0.6 is 22.7 Å². The fourth-order valence-corrected chi connectivity index (χ4v) is 6.60. The van der Waals surface area contributed by atoms with Gasteiger partial charge in [-0.05, 0) is 69.5 Å². The number of likely N-dealkylation sites (tertiary alicyclic amines) is 1. The zero-order chi connectivity index (χ0) is 22.7. The van der Waals surface area contributed by atoms with Crippen molar-refractivity contribution < 1.29 is 9.59 Å². The van der Waals surface area contributed by atoms with Gasteiger partial charge in [-0.2, -0.15) is 22.7 Å². The van der Waals surface area contributed by atoms with Crippen LogP contribution in [0.1, 0.15) is 57.2 Å². The molecule has 0 aromatic carbocycles. The summed E-state index contributed by atoms with van der Waals surface area (Å²) in [6.07, 6.45) is 2.50. The Kier molecular flexibility index (Phi) is 7.69. The van der Waals surface area contributed by atoms with Crippen molar-refractivity contribution in [1.29, 1.82) is 0 Å². The van der Waals surface area contributed by atoms with E-state index >= 15 is 0 Å². The van der Waals surface area contributed by atoms with Crippen molar-refractivity contribution in [3.8, 4) is 0 Å². The lowest BCUT2D eigenvalue weighted by molar-refractivity contribution is -0.139. The van der Waals surface area contributed by atoms with Crippen LogP contribution in [0.4, 0.5) is 0 Å². The molecule has 2 saturated heterocycles. The summed E-state index contributed by atoms with van der Waals surface area (Å²) in [6, 6.07) is 4.97. The lowest BCUT2D eigenvalue weighted by Gasteiger charge is -2.46. The molecule has 0 N–H and O–H groups in total. The highest BCUT2D eigenvalue weighted by atomic mass is 32.1. The topological polar surface area (TPSA) is 43.9 Å². The first kappa shape index (κ1) is 23.5. The van der Waals surface area contributed by atoms with Gasteiger partial charge < -0.3 is 9.80 Å². The molecule has 0 saturated carbocycles. The molecule has 0 aliphatic carbocycles. The van der Waals surface area contributed by atoms with E-state index in [9.17, 15) is 9.59 Å². The van der Waals surface area contributed by atoms with Gasteiger partial charge >= 0.3 is 0 Å². The Morgan fingerprint density at radius 3 is 2.12 bits per heavy atom. The summed E-state index contributed by atoms with van der Waals surface area (Å²) >= 11 is 3.50. The highest BCUT2D eigenvalue weighted by molar-refractivity contribution is 7.08. The maximum absolute atomic E-state index is 13.4. The molecule has 32 heavy (non-hydrogen) atoms. The van der Waals surface area contributed by atoms with Gasteiger partial charge in [0.1, 0.15) is 0 Å². The van der Waals surface area contributed by atoms with E-state index in [1.807, 2.05) is 4.90 Å². The first-order valence-electron chi connectivity index (χ1n) is 11.8. The number of nitrogens with zero attached hydrogens (tertiary/aromatic N) is 3. The molecule has 4 heterocycles. The molecule has 5 nitrogen and oxygen atoms in total. The molecule has 2 amide bonds. The quantitative estimate of drug-likeness (QED) is 0.610. The van der Waals surface area contributed by atoms with Gasteiger partial charge in [0.2, 0.25) is 11.8 Å². The Hall–Kier alpha value is -1.70. The molecule has 2 aromatic rings. The number of carbonyl (C=O) groups excluding carboxylic acids is 2. The summed E-state index contributed by atoms with van der Waals surface area (Å²) in [5.41, 5.74) is 2.71. The smallest absolute Gasteiger partial charge is 0.223 e. The highest BCUT2D eigenvalue weighted by Crippen LogP contribution is 2.34. The van der Waals surface area contributed by atoms with Crippen LogP contribution < -0.4 is 0 Å². The molecule has 0 spiro atoms. The fourth-order valence-electron chi connectivity index (χ4n) is 5.24. The standard InChI is InChI=1S/C25H35N3O2S2/c1-18(2)23-15-27(25(21-6-12-31-16-21)22-7-13-32-17-22)10-11-28(23)24(30)14-20-4-8-26(9-5-20)19(3)29/h6-7,12-13,16-18,20,23,25H,4-5,8-11,14-15H2,1-3H3/t23-/m1/s1. The SMILES string of the molecule is CC(=O)N1CCC(CC(=O)N2CCN(C(c3ccsc3)c3ccsc3)C[C@@H]2C(C)C)CC1. The molecular formula is C25H35N3O2S2. The number of carbonyl (C=O) groups is 2. The minimum Gasteiger partial charge on any atom is -0.343 e. The Morgan fingerprint density at radius 2 is 1.62 bits per heavy atom. The average molecular weight is 474 g/mol. The van der Waals surface area contributed by atoms with Gasteiger partial charge in [0, 0.05) is 52.1 Å². The number of amides is 2. The summed E-state index contributed by atoms with van der Waals surface area (Å²) in [5.74, 6) is 1.25. The van der Waals surface area contributed by atoms with Gasteiger partial charge in [-0.15, -0.1) is 0 Å². The summed E-state index contributed by atoms with van der Waals surface area (Å²) in [5, 5.41) is 8.84. The van der Waals surface area contributed by atoms with Gasteiger partial charge in [-0.3, -0.25) is 14.5 Å². The van der Waals surface area contributed by atoms with Crippen LogP contribution in [-0.2, 0) is 9.59 Å². The van der Waals surface area contributed by atoms with E-state index in [4.69, 9.17) is 0 Å². The first-order valence-corrected chi connectivity index (χ1v) is 13.7. The van der Waals surface area contributed by atoms with Crippen molar-refractivity contribution in [3.63, 3.8) is 0 Å². The minimum absolute atomic E-state index is 0.150. The van der Waals surface area contributed by atoms with Crippen molar-refractivity contribution in [1.82, 2.24) is 14.7 Å². The maximum atomic E-state index is 13.4. The molecule has 7 heteroatoms. The third kappa shape index (κ3) is 5.26. The lowest BCUT2D eigenvalue weighted by Crippen LogP contribution is -2.58. The third-order valence-electron chi connectivity index (χ3n) is 7.15. The molecule has 4 rings (SSSR count). The summed E-state index contributed by atoms with van der Waals surface area (Å²) in [6.45, 7) is 10.3. The second-order valence-corrected chi connectivity index (χ2v) is 11.1. The predicted octanol–water partition coefficient (Wildman–Crippen LogP) is 4.72. The van der Waals surface area contributed by atoms with Crippen LogP contribution in [0.2, 0.25) is 0 Å². The van der Waals surface area contributed by atoms with E-state index in [-0.39, 0.29) is 18.0 Å². The number of rotatable bonds is 6. The van der Waals surface area contributed by atoms with Crippen LogP contribution in [0.25, 0.3) is 0 Å². The van der Waals surface area contributed by atoms with Crippen LogP contribution in [0.3, 0.4) is 0 Å². The third-order valence-corrected chi connectivity index (χ3v) is 8.55. The van der Waals surface area contributed by atoms with Gasteiger partial charge in [-0.1, -0.05) is 13.8 Å². The average Bonchev–Trinajstić information content (AvgIpc) is 3.49. The Morgan fingerprint density at radius 1 is 1.00 bits per heavy atom. The van der Waals surface area contributed by atoms with Crippen LogP contribution in [-0.4, -0.2) is 65.3 Å². The van der Waals surface area contributed by atoms with E-state index in [2.05, 4.69) is 57.3 Å². The van der Waals surface area contributed by atoms with Crippen molar-refractivity contribution >= 4 is 34.5 Å². The normalized spacial score (nSPS) is 21.0. The summed E-state index contributed by atoms with van der Waals surface area (Å²) < 4.78 is 0. The van der Waals surface area contributed by atoms with Gasteiger partial charge in [0.05, 0.1) is 6.04 Å². The van der Waals surface area contributed by atoms with Gasteiger partial charge in [-0.25, -0.2) is 0 Å². The molecule has 2 aliphatic rings. The number of hydrogen-bond donors (Lipinski definition) is 0. The van der Waals surface area contributed by atoms with Crippen molar-refractivity contribution in [2.24, 2.45) is 11.8 Å². The van der Waals surface area contributed by atoms with E-state index in [1.165, 1.54) is 11.1 Å². The van der Waals surface area contributed by atoms with Crippen molar-refractivity contribution in [2.45, 2.75) is 52.1 Å². The van der Waals surface area contributed by atoms with Crippen LogP contribution in [0.5, 0.6) is 0 Å². The van der Waals surface area contributed by atoms with Crippen LogP contribution in [0.15, 0.2) is 33.7 Å². The first-order chi connectivity index (χ1) is 15.4. The molecule has 2 fully saturated rings. The molecule has 2 aliphatic heterocycles. The second-order valence-electron chi connectivity index (χ2n) is 9.56.